The summed E-state index contributed by atoms with van der Waals surface area (Å²) in [6, 6.07) is 6.48. The number of nitrogens with one attached hydrogen (secondary N) is 1. The molecule has 0 atom stereocenters. The molecule has 0 amide bonds. The average molecular weight is 316 g/mol. The molecule has 0 unspecified atom stereocenters. The van der Waals surface area contributed by atoms with Gasteiger partial charge in [0, 0.05) is 12.6 Å². The van der Waals surface area contributed by atoms with E-state index in [1.807, 2.05) is 11.8 Å². The van der Waals surface area contributed by atoms with Crippen molar-refractivity contribution < 1.29 is 13.2 Å². The predicted octanol–water partition coefficient (Wildman–Crippen LogP) is 1.20. The van der Waals surface area contributed by atoms with Crippen LogP contribution in [0, 0.1) is 0 Å². The number of thioether (sulfide) groups is 1. The summed E-state index contributed by atoms with van der Waals surface area (Å²) in [5, 5.41) is 0. The van der Waals surface area contributed by atoms with E-state index in [2.05, 4.69) is 4.72 Å². The van der Waals surface area contributed by atoms with E-state index in [9.17, 15) is 8.42 Å². The molecule has 0 saturated carbocycles. The van der Waals surface area contributed by atoms with Gasteiger partial charge in [0.15, 0.2) is 0 Å². The van der Waals surface area contributed by atoms with E-state index in [4.69, 9.17) is 10.5 Å². The summed E-state index contributed by atoms with van der Waals surface area (Å²) >= 11 is 1.87. The van der Waals surface area contributed by atoms with E-state index in [1.165, 1.54) is 0 Å². The second kappa shape index (κ2) is 7.31. The van der Waals surface area contributed by atoms with Gasteiger partial charge in [0.2, 0.25) is 10.0 Å². The molecule has 112 valence electrons. The number of hydrogen-bond acceptors (Lipinski definition) is 5. The van der Waals surface area contributed by atoms with Gasteiger partial charge < -0.3 is 10.5 Å². The number of sulfonamides is 1. The molecule has 0 radical (unpaired) electrons. The number of ether oxygens (including phenoxy) is 1. The molecule has 0 aromatic heterocycles. The van der Waals surface area contributed by atoms with Crippen molar-refractivity contribution in [3.8, 4) is 5.75 Å². The average Bonchev–Trinajstić information content (AvgIpc) is 2.46. The van der Waals surface area contributed by atoms with Gasteiger partial charge in [-0.1, -0.05) is 0 Å². The smallest absolute Gasteiger partial charge is 0.240 e. The lowest BCUT2D eigenvalue weighted by molar-refractivity contribution is 0.328. The quantitative estimate of drug-likeness (QED) is 0.824. The normalized spacial score (nSPS) is 17.1. The van der Waals surface area contributed by atoms with Crippen molar-refractivity contribution in [3.63, 3.8) is 0 Å². The van der Waals surface area contributed by atoms with Crippen LogP contribution in [0.5, 0.6) is 5.75 Å². The summed E-state index contributed by atoms with van der Waals surface area (Å²) in [7, 11) is -3.44. The van der Waals surface area contributed by atoms with Gasteiger partial charge in [-0.05, 0) is 48.6 Å². The zero-order chi connectivity index (χ0) is 14.4. The Morgan fingerprint density at radius 1 is 1.25 bits per heavy atom. The van der Waals surface area contributed by atoms with E-state index in [1.54, 1.807) is 24.3 Å². The van der Waals surface area contributed by atoms with Gasteiger partial charge in [0.05, 0.1) is 4.90 Å². The molecule has 1 aliphatic rings. The predicted molar refractivity (Wildman–Crippen MR) is 81.7 cm³/mol. The second-order valence-corrected chi connectivity index (χ2v) is 7.56. The van der Waals surface area contributed by atoms with Crippen molar-refractivity contribution in [2.75, 3.05) is 24.7 Å². The number of benzene rings is 1. The molecule has 1 heterocycles. The molecular weight excluding hydrogens is 296 g/mol. The van der Waals surface area contributed by atoms with Crippen LogP contribution in [0.25, 0.3) is 0 Å². The number of rotatable bonds is 6. The van der Waals surface area contributed by atoms with Crippen LogP contribution in [0.1, 0.15) is 12.8 Å². The minimum Gasteiger partial charge on any atom is -0.492 e. The molecule has 1 aliphatic heterocycles. The maximum atomic E-state index is 12.2. The minimum absolute atomic E-state index is 0.0504. The first-order valence-electron chi connectivity index (χ1n) is 6.65. The largest absolute Gasteiger partial charge is 0.492 e. The van der Waals surface area contributed by atoms with Crippen LogP contribution in [0.4, 0.5) is 0 Å². The highest BCUT2D eigenvalue weighted by Gasteiger charge is 2.21. The van der Waals surface area contributed by atoms with Crippen LogP contribution < -0.4 is 15.2 Å². The third-order valence-corrected chi connectivity index (χ3v) is 5.65. The minimum atomic E-state index is -3.44. The zero-order valence-corrected chi connectivity index (χ0v) is 12.9. The molecule has 0 bridgehead atoms. The Morgan fingerprint density at radius 2 is 1.90 bits per heavy atom. The van der Waals surface area contributed by atoms with E-state index in [0.29, 0.717) is 18.9 Å². The highest BCUT2D eigenvalue weighted by atomic mass is 32.2. The monoisotopic (exact) mass is 316 g/mol. The summed E-state index contributed by atoms with van der Waals surface area (Å²) in [4.78, 5) is 0.274. The summed E-state index contributed by atoms with van der Waals surface area (Å²) in [6.45, 7) is 0.853. The fourth-order valence-electron chi connectivity index (χ4n) is 1.99. The molecule has 7 heteroatoms. The third kappa shape index (κ3) is 4.37. The molecule has 20 heavy (non-hydrogen) atoms. The Bertz CT molecular complexity index is 511. The van der Waals surface area contributed by atoms with Gasteiger partial charge in [0.1, 0.15) is 12.4 Å². The topological polar surface area (TPSA) is 81.4 Å². The van der Waals surface area contributed by atoms with Crippen molar-refractivity contribution in [2.24, 2.45) is 5.73 Å². The third-order valence-electron chi connectivity index (χ3n) is 3.06. The number of nitrogens with two attached hydrogens (primary N) is 1. The van der Waals surface area contributed by atoms with Crippen LogP contribution >= 0.6 is 11.8 Å². The van der Waals surface area contributed by atoms with Gasteiger partial charge in [-0.2, -0.15) is 11.8 Å². The molecule has 0 spiro atoms. The van der Waals surface area contributed by atoms with Crippen molar-refractivity contribution in [3.05, 3.63) is 24.3 Å². The molecule has 1 aromatic rings. The van der Waals surface area contributed by atoms with Crippen LogP contribution in [-0.4, -0.2) is 39.1 Å². The zero-order valence-electron chi connectivity index (χ0n) is 11.2. The molecule has 1 fully saturated rings. The Kier molecular flexibility index (Phi) is 5.71. The SMILES string of the molecule is NCCOc1ccc(S(=O)(=O)NC2CCSCC2)cc1. The fraction of sp³-hybridized carbons (Fsp3) is 0.538. The van der Waals surface area contributed by atoms with Crippen LogP contribution in [0.15, 0.2) is 29.2 Å². The standard InChI is InChI=1S/C13H20N2O3S2/c14-7-8-18-12-1-3-13(4-2-12)20(16,17)15-11-5-9-19-10-6-11/h1-4,11,15H,5-10,14H2. The molecule has 5 nitrogen and oxygen atoms in total. The van der Waals surface area contributed by atoms with Crippen LogP contribution in [0.2, 0.25) is 0 Å². The first kappa shape index (κ1) is 15.6. The summed E-state index contributed by atoms with van der Waals surface area (Å²) in [6.07, 6.45) is 1.78. The second-order valence-electron chi connectivity index (χ2n) is 4.62. The summed E-state index contributed by atoms with van der Waals surface area (Å²) in [5.74, 6) is 2.65. The van der Waals surface area contributed by atoms with E-state index in [0.717, 1.165) is 24.3 Å². The van der Waals surface area contributed by atoms with Gasteiger partial charge >= 0.3 is 0 Å². The van der Waals surface area contributed by atoms with Gasteiger partial charge in [-0.3, -0.25) is 0 Å². The first-order chi connectivity index (χ1) is 9.62. The molecule has 1 saturated heterocycles. The molecular formula is C13H20N2O3S2. The van der Waals surface area contributed by atoms with Crippen molar-refractivity contribution >= 4 is 21.8 Å². The van der Waals surface area contributed by atoms with E-state index < -0.39 is 10.0 Å². The summed E-state index contributed by atoms with van der Waals surface area (Å²) in [5.41, 5.74) is 5.35. The van der Waals surface area contributed by atoms with E-state index in [-0.39, 0.29) is 10.9 Å². The molecule has 3 N–H and O–H groups in total. The molecule has 0 aliphatic carbocycles. The lowest BCUT2D eigenvalue weighted by Crippen LogP contribution is -2.37. The molecule has 2 rings (SSSR count). The van der Waals surface area contributed by atoms with Crippen molar-refractivity contribution in [1.82, 2.24) is 4.72 Å². The lowest BCUT2D eigenvalue weighted by atomic mass is 10.2. The van der Waals surface area contributed by atoms with Gasteiger partial charge in [-0.15, -0.1) is 0 Å². The highest BCUT2D eigenvalue weighted by molar-refractivity contribution is 7.99. The maximum Gasteiger partial charge on any atom is 0.240 e. The van der Waals surface area contributed by atoms with Crippen LogP contribution in [0.3, 0.4) is 0 Å². The number of hydrogen-bond donors (Lipinski definition) is 2. The highest BCUT2D eigenvalue weighted by Crippen LogP contribution is 2.20. The summed E-state index contributed by atoms with van der Waals surface area (Å²) < 4.78 is 32.6. The maximum absolute atomic E-state index is 12.2. The fourth-order valence-corrected chi connectivity index (χ4v) is 4.41. The van der Waals surface area contributed by atoms with Crippen LogP contribution in [-0.2, 0) is 10.0 Å². The first-order valence-corrected chi connectivity index (χ1v) is 9.28. The van der Waals surface area contributed by atoms with E-state index >= 15 is 0 Å². The van der Waals surface area contributed by atoms with Gasteiger partial charge in [0.25, 0.3) is 0 Å². The Morgan fingerprint density at radius 3 is 2.50 bits per heavy atom. The molecule has 1 aromatic carbocycles. The van der Waals surface area contributed by atoms with Crippen molar-refractivity contribution in [1.29, 1.82) is 0 Å². The lowest BCUT2D eigenvalue weighted by Gasteiger charge is -2.22. The Labute approximate surface area is 124 Å². The van der Waals surface area contributed by atoms with Crippen molar-refractivity contribution in [2.45, 2.75) is 23.8 Å². The Hall–Kier alpha value is -0.760. The van der Waals surface area contributed by atoms with Gasteiger partial charge in [-0.25, -0.2) is 13.1 Å². The Balaban J connectivity index is 2.01.